The first-order valence-corrected chi connectivity index (χ1v) is 8.25. The molecule has 0 saturated heterocycles. The Balaban J connectivity index is 1.95. The fourth-order valence-electron chi connectivity index (χ4n) is 3.20. The molecule has 1 aromatic carbocycles. The highest BCUT2D eigenvalue weighted by atomic mass is 16.6. The van der Waals surface area contributed by atoms with Crippen LogP contribution in [0.1, 0.15) is 45.6 Å². The Kier molecular flexibility index (Phi) is 5.52. The zero-order valence-corrected chi connectivity index (χ0v) is 14.4. The molecule has 0 spiro atoms. The summed E-state index contributed by atoms with van der Waals surface area (Å²) in [5.74, 6) is 0.579. The fraction of sp³-hybridized carbons (Fsp3) is 0.611. The van der Waals surface area contributed by atoms with Crippen molar-refractivity contribution in [3.05, 3.63) is 29.8 Å². The molecule has 5 heteroatoms. The molecule has 0 saturated carbocycles. The van der Waals surface area contributed by atoms with Gasteiger partial charge < -0.3 is 20.5 Å². The third kappa shape index (κ3) is 4.61. The van der Waals surface area contributed by atoms with Crippen molar-refractivity contribution >= 4 is 11.8 Å². The first-order chi connectivity index (χ1) is 10.8. The number of ether oxygens (including phenoxy) is 1. The topological polar surface area (TPSA) is 70.6 Å². The molecule has 5 nitrogen and oxygen atoms in total. The first-order valence-electron chi connectivity index (χ1n) is 8.25. The number of hydrogen-bond acceptors (Lipinski definition) is 4. The van der Waals surface area contributed by atoms with E-state index in [1.165, 1.54) is 5.56 Å². The van der Waals surface area contributed by atoms with E-state index in [0.717, 1.165) is 12.1 Å². The predicted octanol–water partition coefficient (Wildman–Crippen LogP) is 3.11. The number of amides is 1. The van der Waals surface area contributed by atoms with Crippen LogP contribution in [0.25, 0.3) is 0 Å². The van der Waals surface area contributed by atoms with Crippen molar-refractivity contribution < 1.29 is 14.6 Å². The van der Waals surface area contributed by atoms with E-state index in [9.17, 15) is 9.90 Å². The van der Waals surface area contributed by atoms with E-state index < -0.39 is 11.7 Å². The Hall–Kier alpha value is -1.75. The van der Waals surface area contributed by atoms with E-state index in [2.05, 4.69) is 23.6 Å². The van der Waals surface area contributed by atoms with Crippen molar-refractivity contribution in [2.45, 2.75) is 51.7 Å². The number of benzene rings is 1. The van der Waals surface area contributed by atoms with Gasteiger partial charge >= 0.3 is 6.09 Å². The second kappa shape index (κ2) is 7.21. The van der Waals surface area contributed by atoms with Gasteiger partial charge in [-0.2, -0.15) is 0 Å². The van der Waals surface area contributed by atoms with Gasteiger partial charge in [0.25, 0.3) is 0 Å². The number of nitrogens with one attached hydrogen (secondary N) is 2. The molecule has 0 bridgehead atoms. The number of para-hydroxylation sites is 1. The summed E-state index contributed by atoms with van der Waals surface area (Å²) in [5.41, 5.74) is 1.87. The third-order valence-corrected chi connectivity index (χ3v) is 4.29. The van der Waals surface area contributed by atoms with Gasteiger partial charge in [-0.25, -0.2) is 4.79 Å². The summed E-state index contributed by atoms with van der Waals surface area (Å²) < 4.78 is 5.25. The zero-order chi connectivity index (χ0) is 17.0. The molecule has 0 aromatic heterocycles. The number of aliphatic hydroxyl groups excluding tert-OH is 1. The maximum atomic E-state index is 11.7. The number of aliphatic hydroxyl groups is 1. The van der Waals surface area contributed by atoms with Gasteiger partial charge in [0.15, 0.2) is 0 Å². The van der Waals surface area contributed by atoms with Crippen LogP contribution in [0.2, 0.25) is 0 Å². The highest BCUT2D eigenvalue weighted by Crippen LogP contribution is 2.39. The predicted molar refractivity (Wildman–Crippen MR) is 91.7 cm³/mol. The van der Waals surface area contributed by atoms with Crippen LogP contribution >= 0.6 is 0 Å². The third-order valence-electron chi connectivity index (χ3n) is 4.29. The van der Waals surface area contributed by atoms with Crippen LogP contribution in [-0.2, 0) is 4.74 Å². The van der Waals surface area contributed by atoms with Crippen LogP contribution in [0.5, 0.6) is 0 Å². The summed E-state index contributed by atoms with van der Waals surface area (Å²) in [4.78, 5) is 11.7. The van der Waals surface area contributed by atoms with Crippen LogP contribution < -0.4 is 10.6 Å². The summed E-state index contributed by atoms with van der Waals surface area (Å²) >= 11 is 0. The highest BCUT2D eigenvalue weighted by molar-refractivity contribution is 5.67. The Morgan fingerprint density at radius 2 is 2.04 bits per heavy atom. The normalized spacial score (nSPS) is 23.6. The Bertz CT molecular complexity index is 539. The number of carbonyl (C=O) groups excluding carboxylic acids is 1. The minimum Gasteiger partial charge on any atom is -0.444 e. The van der Waals surface area contributed by atoms with Gasteiger partial charge in [0, 0.05) is 12.2 Å². The zero-order valence-electron chi connectivity index (χ0n) is 14.4. The molecule has 1 aliphatic heterocycles. The molecule has 1 aliphatic rings. The van der Waals surface area contributed by atoms with Gasteiger partial charge in [-0.1, -0.05) is 25.1 Å². The van der Waals surface area contributed by atoms with Gasteiger partial charge in [0.1, 0.15) is 5.60 Å². The molecule has 3 N–H and O–H groups in total. The lowest BCUT2D eigenvalue weighted by molar-refractivity contribution is 0.0523. The van der Waals surface area contributed by atoms with Gasteiger partial charge in [0.05, 0.1) is 12.6 Å². The molecule has 23 heavy (non-hydrogen) atoms. The molecule has 2 rings (SSSR count). The number of hydrogen-bond donors (Lipinski definition) is 3. The van der Waals surface area contributed by atoms with Crippen LogP contribution in [0.3, 0.4) is 0 Å². The summed E-state index contributed by atoms with van der Waals surface area (Å²) in [7, 11) is 0. The number of fused-ring (bicyclic) bond motifs is 1. The summed E-state index contributed by atoms with van der Waals surface area (Å²) in [6.45, 7) is 8.33. The van der Waals surface area contributed by atoms with E-state index in [-0.39, 0.29) is 18.6 Å². The summed E-state index contributed by atoms with van der Waals surface area (Å²) in [6, 6.07) is 8.20. The number of alkyl carbamates (subject to hydrolysis) is 1. The van der Waals surface area contributed by atoms with E-state index in [4.69, 9.17) is 4.74 Å². The lowest BCUT2D eigenvalue weighted by Crippen LogP contribution is -2.42. The molecular formula is C18H28N2O3. The van der Waals surface area contributed by atoms with E-state index in [1.54, 1.807) is 0 Å². The van der Waals surface area contributed by atoms with Crippen LogP contribution in [0, 0.1) is 5.92 Å². The monoisotopic (exact) mass is 320 g/mol. The van der Waals surface area contributed by atoms with Gasteiger partial charge in [-0.3, -0.25) is 0 Å². The van der Waals surface area contributed by atoms with Crippen LogP contribution in [0.15, 0.2) is 24.3 Å². The number of anilines is 1. The van der Waals surface area contributed by atoms with Gasteiger partial charge in [-0.15, -0.1) is 0 Å². The Morgan fingerprint density at radius 3 is 2.70 bits per heavy atom. The molecule has 1 aromatic rings. The van der Waals surface area contributed by atoms with Crippen molar-refractivity contribution in [2.24, 2.45) is 5.92 Å². The molecule has 0 unspecified atom stereocenters. The lowest BCUT2D eigenvalue weighted by Gasteiger charge is -2.38. The van der Waals surface area contributed by atoms with E-state index in [0.29, 0.717) is 12.5 Å². The maximum Gasteiger partial charge on any atom is 0.407 e. The molecule has 0 radical (unpaired) electrons. The standard InChI is InChI=1S/C18H28N2O3/c1-12-13-7-5-6-8-15(13)20-16(11-21)14(12)9-10-19-17(22)23-18(2,3)4/h5-8,12,14,16,20-21H,9-11H2,1-4H3,(H,19,22)/t12-,14-,16-/m0/s1. The van der Waals surface area contributed by atoms with Crippen molar-refractivity contribution in [3.63, 3.8) is 0 Å². The number of rotatable bonds is 4. The smallest absolute Gasteiger partial charge is 0.407 e. The van der Waals surface area contributed by atoms with Crippen molar-refractivity contribution in [2.75, 3.05) is 18.5 Å². The minimum absolute atomic E-state index is 0.000312. The van der Waals surface area contributed by atoms with E-state index in [1.807, 2.05) is 39.0 Å². The second-order valence-corrected chi connectivity index (χ2v) is 7.19. The summed E-state index contributed by atoms with van der Waals surface area (Å²) in [6.07, 6.45) is 0.391. The maximum absolute atomic E-state index is 11.7. The van der Waals surface area contributed by atoms with Crippen molar-refractivity contribution in [3.8, 4) is 0 Å². The molecule has 1 amide bonds. The molecule has 3 atom stereocenters. The van der Waals surface area contributed by atoms with Crippen molar-refractivity contribution in [1.29, 1.82) is 0 Å². The highest BCUT2D eigenvalue weighted by Gasteiger charge is 2.33. The van der Waals surface area contributed by atoms with Gasteiger partial charge in [-0.05, 0) is 50.7 Å². The fourth-order valence-corrected chi connectivity index (χ4v) is 3.20. The van der Waals surface area contributed by atoms with Crippen molar-refractivity contribution in [1.82, 2.24) is 5.32 Å². The average Bonchev–Trinajstić information content (AvgIpc) is 2.47. The van der Waals surface area contributed by atoms with Crippen LogP contribution in [0.4, 0.5) is 10.5 Å². The molecule has 128 valence electrons. The SMILES string of the molecule is C[C@H]1c2ccccc2N[C@@H](CO)[C@H]1CCNC(=O)OC(C)(C)C. The molecular weight excluding hydrogens is 292 g/mol. The second-order valence-electron chi connectivity index (χ2n) is 7.19. The molecule has 0 fully saturated rings. The quantitative estimate of drug-likeness (QED) is 0.797. The largest absolute Gasteiger partial charge is 0.444 e. The first kappa shape index (κ1) is 17.6. The Morgan fingerprint density at radius 1 is 1.35 bits per heavy atom. The molecule has 1 heterocycles. The number of carbonyl (C=O) groups is 1. The van der Waals surface area contributed by atoms with Crippen LogP contribution in [-0.4, -0.2) is 36.0 Å². The average molecular weight is 320 g/mol. The summed E-state index contributed by atoms with van der Waals surface area (Å²) in [5, 5.41) is 15.9. The van der Waals surface area contributed by atoms with Gasteiger partial charge in [0.2, 0.25) is 0 Å². The lowest BCUT2D eigenvalue weighted by atomic mass is 9.77. The Labute approximate surface area is 138 Å². The van der Waals surface area contributed by atoms with E-state index >= 15 is 0 Å². The minimum atomic E-state index is -0.490. The molecule has 0 aliphatic carbocycles.